The average Bonchev–Trinajstić information content (AvgIpc) is 2.77. The van der Waals surface area contributed by atoms with Crippen LogP contribution < -0.4 is 0 Å². The molecule has 0 saturated heterocycles. The number of rotatable bonds is 4. The molecular formula is C29H42N2O2. The van der Waals surface area contributed by atoms with Gasteiger partial charge in [0.2, 0.25) is 0 Å². The predicted octanol–water partition coefficient (Wildman–Crippen LogP) is 7.68. The maximum absolute atomic E-state index is 10.2. The number of hydrogen-bond donors (Lipinski definition) is 1. The Kier molecular flexibility index (Phi) is 13.9. The van der Waals surface area contributed by atoms with Crippen LogP contribution in [0.25, 0.3) is 0 Å². The molecule has 4 heteroatoms. The van der Waals surface area contributed by atoms with Gasteiger partial charge in [0.15, 0.2) is 0 Å². The summed E-state index contributed by atoms with van der Waals surface area (Å²) in [5, 5.41) is 18.4. The number of carbonyl (C=O) groups is 1. The normalized spacial score (nSPS) is 14.5. The van der Waals surface area contributed by atoms with Crippen LogP contribution in [0.3, 0.4) is 0 Å². The molecule has 1 fully saturated rings. The van der Waals surface area contributed by atoms with Gasteiger partial charge in [-0.25, -0.2) is 0 Å². The number of benzene rings is 2. The Morgan fingerprint density at radius 3 is 2.06 bits per heavy atom. The number of aliphatic hydroxyl groups is 1. The SMILES string of the molecule is CC.CC(C)=Nc1ccc(C#N)cc1C.CC1(C)CCC1.C[C@](O)(CC=O)c1ccccc1. The molecule has 0 bridgehead atoms. The van der Waals surface area contributed by atoms with Gasteiger partial charge in [0, 0.05) is 12.1 Å². The van der Waals surface area contributed by atoms with Crippen molar-refractivity contribution in [2.75, 3.05) is 0 Å². The first-order valence-corrected chi connectivity index (χ1v) is 11.7. The van der Waals surface area contributed by atoms with E-state index in [0.29, 0.717) is 5.56 Å². The van der Waals surface area contributed by atoms with E-state index in [9.17, 15) is 9.90 Å². The third-order valence-corrected chi connectivity index (χ3v) is 5.25. The molecule has 2 aromatic carbocycles. The standard InChI is InChI=1S/C11H12N2.C10H12O2.C6H12.C2H6/c1-8(2)13-11-5-4-10(7-12)6-9(11)3;1-10(12,7-8-11)9-5-3-2-4-6-9;1-6(2)4-3-5-6;1-2/h4-6H,1-3H3;2-6,8,12H,7H2,1H3;3-5H2,1-2H3;1-2H3/t;10-;;/m.0../s1. The molecule has 0 radical (unpaired) electrons. The molecule has 1 aliphatic rings. The van der Waals surface area contributed by atoms with Gasteiger partial charge in [-0.1, -0.05) is 64.4 Å². The lowest BCUT2D eigenvalue weighted by Crippen LogP contribution is -2.21. The zero-order chi connectivity index (χ0) is 25.5. The zero-order valence-electron chi connectivity index (χ0n) is 21.8. The zero-order valence-corrected chi connectivity index (χ0v) is 21.8. The van der Waals surface area contributed by atoms with E-state index in [-0.39, 0.29) is 6.42 Å². The number of aliphatic imine (C=N–C) groups is 1. The Morgan fingerprint density at radius 2 is 1.70 bits per heavy atom. The number of nitrogens with zero attached hydrogens (tertiary/aromatic N) is 2. The van der Waals surface area contributed by atoms with E-state index in [1.807, 2.05) is 77.1 Å². The highest BCUT2D eigenvalue weighted by Gasteiger charge is 2.25. The van der Waals surface area contributed by atoms with Crippen LogP contribution in [0.5, 0.6) is 0 Å². The fourth-order valence-corrected chi connectivity index (χ4v) is 3.05. The van der Waals surface area contributed by atoms with Gasteiger partial charge in [0.25, 0.3) is 0 Å². The molecule has 1 aliphatic carbocycles. The van der Waals surface area contributed by atoms with Gasteiger partial charge in [-0.15, -0.1) is 0 Å². The van der Waals surface area contributed by atoms with Crippen molar-refractivity contribution in [3.63, 3.8) is 0 Å². The van der Waals surface area contributed by atoms with Crippen LogP contribution in [-0.2, 0) is 10.4 Å². The number of nitriles is 1. The number of aldehydes is 1. The van der Waals surface area contributed by atoms with Crippen LogP contribution in [0.1, 0.15) is 90.8 Å². The molecular weight excluding hydrogens is 408 g/mol. The number of hydrogen-bond acceptors (Lipinski definition) is 4. The lowest BCUT2D eigenvalue weighted by molar-refractivity contribution is -0.112. The molecule has 0 heterocycles. The molecule has 0 aromatic heterocycles. The second-order valence-corrected chi connectivity index (χ2v) is 9.20. The van der Waals surface area contributed by atoms with Gasteiger partial charge in [0.05, 0.1) is 22.9 Å². The van der Waals surface area contributed by atoms with Gasteiger partial charge in [-0.05, 0) is 75.3 Å². The first-order chi connectivity index (χ1) is 15.5. The molecule has 33 heavy (non-hydrogen) atoms. The summed E-state index contributed by atoms with van der Waals surface area (Å²) in [5.41, 5.74) is 4.16. The molecule has 1 saturated carbocycles. The third kappa shape index (κ3) is 12.2. The van der Waals surface area contributed by atoms with Crippen LogP contribution in [0.15, 0.2) is 53.5 Å². The van der Waals surface area contributed by atoms with E-state index < -0.39 is 5.60 Å². The van der Waals surface area contributed by atoms with Crippen molar-refractivity contribution in [2.24, 2.45) is 10.4 Å². The molecule has 3 rings (SSSR count). The van der Waals surface area contributed by atoms with E-state index >= 15 is 0 Å². The van der Waals surface area contributed by atoms with E-state index in [4.69, 9.17) is 5.26 Å². The van der Waals surface area contributed by atoms with Crippen LogP contribution >= 0.6 is 0 Å². The largest absolute Gasteiger partial charge is 0.385 e. The quantitative estimate of drug-likeness (QED) is 0.383. The molecule has 0 amide bonds. The fraction of sp³-hybridized carbons (Fsp3) is 0.483. The molecule has 1 atom stereocenters. The maximum Gasteiger partial charge on any atom is 0.123 e. The van der Waals surface area contributed by atoms with E-state index in [2.05, 4.69) is 24.9 Å². The highest BCUT2D eigenvalue weighted by Crippen LogP contribution is 2.38. The number of carbonyl (C=O) groups excluding carboxylic acids is 1. The van der Waals surface area contributed by atoms with E-state index in [1.54, 1.807) is 13.0 Å². The van der Waals surface area contributed by atoms with Crippen molar-refractivity contribution in [1.29, 1.82) is 5.26 Å². The van der Waals surface area contributed by atoms with Gasteiger partial charge < -0.3 is 9.90 Å². The molecule has 0 aliphatic heterocycles. The van der Waals surface area contributed by atoms with Gasteiger partial charge >= 0.3 is 0 Å². The Labute approximate surface area is 201 Å². The van der Waals surface area contributed by atoms with Crippen molar-refractivity contribution in [3.05, 3.63) is 65.2 Å². The van der Waals surface area contributed by atoms with Gasteiger partial charge in [0.1, 0.15) is 6.29 Å². The molecule has 0 unspecified atom stereocenters. The van der Waals surface area contributed by atoms with Crippen molar-refractivity contribution in [1.82, 2.24) is 0 Å². The van der Waals surface area contributed by atoms with Crippen molar-refractivity contribution in [2.45, 2.75) is 86.7 Å². The number of aryl methyl sites for hydroxylation is 1. The summed E-state index contributed by atoms with van der Waals surface area (Å²) >= 11 is 0. The molecule has 1 N–H and O–H groups in total. The van der Waals surface area contributed by atoms with Crippen LogP contribution in [0.2, 0.25) is 0 Å². The summed E-state index contributed by atoms with van der Waals surface area (Å²) in [6.07, 6.45) is 5.23. The first-order valence-electron chi connectivity index (χ1n) is 11.7. The Morgan fingerprint density at radius 1 is 1.15 bits per heavy atom. The predicted molar refractivity (Wildman–Crippen MR) is 140 cm³/mol. The summed E-state index contributed by atoms with van der Waals surface area (Å²) in [6.45, 7) is 16.2. The Balaban J connectivity index is 0.000000472. The summed E-state index contributed by atoms with van der Waals surface area (Å²) in [5.74, 6) is 0. The molecule has 180 valence electrons. The van der Waals surface area contributed by atoms with E-state index in [0.717, 1.165) is 34.2 Å². The van der Waals surface area contributed by atoms with Gasteiger partial charge in [-0.2, -0.15) is 5.26 Å². The Hall–Kier alpha value is -2.77. The summed E-state index contributed by atoms with van der Waals surface area (Å²) in [7, 11) is 0. The summed E-state index contributed by atoms with van der Waals surface area (Å²) in [6, 6.07) is 16.8. The summed E-state index contributed by atoms with van der Waals surface area (Å²) in [4.78, 5) is 14.6. The van der Waals surface area contributed by atoms with Crippen molar-refractivity contribution in [3.8, 4) is 6.07 Å². The molecule has 4 nitrogen and oxygen atoms in total. The molecule has 0 spiro atoms. The smallest absolute Gasteiger partial charge is 0.123 e. The monoisotopic (exact) mass is 450 g/mol. The summed E-state index contributed by atoms with van der Waals surface area (Å²) < 4.78 is 0. The first kappa shape index (κ1) is 30.2. The maximum atomic E-state index is 10.2. The van der Waals surface area contributed by atoms with E-state index in [1.165, 1.54) is 19.3 Å². The second kappa shape index (κ2) is 15.1. The van der Waals surface area contributed by atoms with Crippen molar-refractivity contribution >= 4 is 17.7 Å². The lowest BCUT2D eigenvalue weighted by atomic mass is 9.72. The van der Waals surface area contributed by atoms with Crippen LogP contribution in [0, 0.1) is 23.7 Å². The highest BCUT2D eigenvalue weighted by atomic mass is 16.3. The highest BCUT2D eigenvalue weighted by molar-refractivity contribution is 5.82. The third-order valence-electron chi connectivity index (χ3n) is 5.25. The van der Waals surface area contributed by atoms with Crippen LogP contribution in [0.4, 0.5) is 5.69 Å². The molecule has 2 aromatic rings. The van der Waals surface area contributed by atoms with Crippen LogP contribution in [-0.4, -0.2) is 17.1 Å². The topological polar surface area (TPSA) is 73.4 Å². The minimum absolute atomic E-state index is 0.136. The second-order valence-electron chi connectivity index (χ2n) is 9.20. The minimum atomic E-state index is -1.02. The lowest BCUT2D eigenvalue weighted by Gasteiger charge is -2.33. The Bertz CT molecular complexity index is 897. The van der Waals surface area contributed by atoms with Gasteiger partial charge in [-0.3, -0.25) is 4.99 Å². The average molecular weight is 451 g/mol. The minimum Gasteiger partial charge on any atom is -0.385 e. The van der Waals surface area contributed by atoms with Crippen molar-refractivity contribution < 1.29 is 9.90 Å². The fourth-order valence-electron chi connectivity index (χ4n) is 3.05.